The quantitative estimate of drug-likeness (QED) is 0.560. The molecule has 0 bridgehead atoms. The smallest absolute Gasteiger partial charge is 0.265 e. The van der Waals surface area contributed by atoms with E-state index in [0.29, 0.717) is 27.7 Å². The number of hydrogen-bond acceptors (Lipinski definition) is 5. The number of ether oxygens (including phenoxy) is 2. The average molecular weight is 447 g/mol. The maximum atomic E-state index is 12.9. The van der Waals surface area contributed by atoms with Gasteiger partial charge in [-0.3, -0.25) is 9.52 Å². The van der Waals surface area contributed by atoms with Crippen LogP contribution in [-0.2, 0) is 10.0 Å². The molecule has 0 saturated heterocycles. The Bertz CT molecular complexity index is 1150. The first-order valence-corrected chi connectivity index (χ1v) is 10.6. The molecule has 0 spiro atoms. The summed E-state index contributed by atoms with van der Waals surface area (Å²) in [6, 6.07) is 17.1. The van der Waals surface area contributed by atoms with Crippen molar-refractivity contribution >= 4 is 38.9 Å². The molecule has 0 heterocycles. The predicted molar refractivity (Wildman–Crippen MR) is 116 cm³/mol. The molecule has 0 aliphatic carbocycles. The fraction of sp³-hybridized carbons (Fsp3) is 0.0952. The highest BCUT2D eigenvalue weighted by atomic mass is 35.5. The van der Waals surface area contributed by atoms with Gasteiger partial charge in [-0.2, -0.15) is 0 Å². The van der Waals surface area contributed by atoms with Crippen molar-refractivity contribution in [1.82, 2.24) is 0 Å². The lowest BCUT2D eigenvalue weighted by Gasteiger charge is -2.14. The van der Waals surface area contributed by atoms with Crippen LogP contribution >= 0.6 is 11.6 Å². The number of rotatable bonds is 7. The van der Waals surface area contributed by atoms with Crippen LogP contribution in [0.2, 0.25) is 5.02 Å². The molecule has 7 nitrogen and oxygen atoms in total. The van der Waals surface area contributed by atoms with Crippen molar-refractivity contribution < 1.29 is 22.7 Å². The lowest BCUT2D eigenvalue weighted by Crippen LogP contribution is -2.16. The number of nitrogens with one attached hydrogen (secondary N) is 2. The second-order valence-corrected chi connectivity index (χ2v) is 8.25. The molecule has 156 valence electrons. The first-order valence-electron chi connectivity index (χ1n) is 8.74. The molecule has 0 fully saturated rings. The molecule has 9 heteroatoms. The lowest BCUT2D eigenvalue weighted by molar-refractivity contribution is 0.102. The molecule has 0 aliphatic rings. The monoisotopic (exact) mass is 446 g/mol. The van der Waals surface area contributed by atoms with Gasteiger partial charge in [-0.25, -0.2) is 8.42 Å². The van der Waals surface area contributed by atoms with E-state index < -0.39 is 15.9 Å². The van der Waals surface area contributed by atoms with Gasteiger partial charge < -0.3 is 14.8 Å². The number of benzene rings is 3. The van der Waals surface area contributed by atoms with Crippen LogP contribution in [0.3, 0.4) is 0 Å². The van der Waals surface area contributed by atoms with Crippen molar-refractivity contribution in [2.24, 2.45) is 0 Å². The highest BCUT2D eigenvalue weighted by Gasteiger charge is 2.21. The Kier molecular flexibility index (Phi) is 6.49. The number of methoxy groups -OCH3 is 2. The summed E-state index contributed by atoms with van der Waals surface area (Å²) >= 11 is 5.84. The summed E-state index contributed by atoms with van der Waals surface area (Å²) in [7, 11) is -1.10. The number of carbonyl (C=O) groups is 1. The maximum Gasteiger partial charge on any atom is 0.265 e. The molecule has 30 heavy (non-hydrogen) atoms. The van der Waals surface area contributed by atoms with Crippen molar-refractivity contribution in [2.75, 3.05) is 24.3 Å². The van der Waals surface area contributed by atoms with E-state index in [-0.39, 0.29) is 10.6 Å². The van der Waals surface area contributed by atoms with Gasteiger partial charge in [0.2, 0.25) is 0 Å². The molecule has 0 aliphatic heterocycles. The normalized spacial score (nSPS) is 10.9. The lowest BCUT2D eigenvalue weighted by atomic mass is 10.2. The van der Waals surface area contributed by atoms with Gasteiger partial charge in [0.15, 0.2) is 0 Å². The molecule has 1 amide bonds. The van der Waals surface area contributed by atoms with E-state index in [0.717, 1.165) is 0 Å². The zero-order valence-electron chi connectivity index (χ0n) is 16.2. The highest BCUT2D eigenvalue weighted by Crippen LogP contribution is 2.29. The third kappa shape index (κ3) is 5.03. The third-order valence-corrected chi connectivity index (χ3v) is 5.81. The van der Waals surface area contributed by atoms with Gasteiger partial charge in [-0.05, 0) is 66.7 Å². The molecule has 0 unspecified atom stereocenters. The summed E-state index contributed by atoms with van der Waals surface area (Å²) in [4.78, 5) is 12.3. The van der Waals surface area contributed by atoms with Crippen LogP contribution in [0.4, 0.5) is 11.4 Å². The van der Waals surface area contributed by atoms with Gasteiger partial charge in [0.05, 0.1) is 14.2 Å². The zero-order chi connectivity index (χ0) is 21.7. The molecule has 3 rings (SSSR count). The van der Waals surface area contributed by atoms with Crippen LogP contribution in [0.5, 0.6) is 11.5 Å². The number of sulfonamides is 1. The summed E-state index contributed by atoms with van der Waals surface area (Å²) in [5, 5.41) is 3.18. The highest BCUT2D eigenvalue weighted by molar-refractivity contribution is 7.92. The van der Waals surface area contributed by atoms with E-state index in [2.05, 4.69) is 10.0 Å². The van der Waals surface area contributed by atoms with E-state index in [1.165, 1.54) is 26.4 Å². The number of hydrogen-bond donors (Lipinski definition) is 2. The van der Waals surface area contributed by atoms with Gasteiger partial charge in [-0.15, -0.1) is 0 Å². The number of anilines is 2. The number of carbonyl (C=O) groups excluding carboxylic acids is 1. The third-order valence-electron chi connectivity index (χ3n) is 4.16. The standard InChI is InChI=1S/C21H19ClN2O5S/c1-28-18-10-7-16(8-11-18)24-30(26,27)20-13-17(9-12-19(20)29-2)23-21(25)14-3-5-15(22)6-4-14/h3-13,24H,1-2H3,(H,23,25). The SMILES string of the molecule is COc1ccc(NS(=O)(=O)c2cc(NC(=O)c3ccc(Cl)cc3)ccc2OC)cc1. The van der Waals surface area contributed by atoms with Crippen LogP contribution < -0.4 is 19.5 Å². The first-order chi connectivity index (χ1) is 14.3. The molecule has 0 saturated carbocycles. The topological polar surface area (TPSA) is 93.7 Å². The summed E-state index contributed by atoms with van der Waals surface area (Å²) in [5.74, 6) is 0.339. The zero-order valence-corrected chi connectivity index (χ0v) is 17.8. The average Bonchev–Trinajstić information content (AvgIpc) is 2.74. The molecular formula is C21H19ClN2O5S. The molecule has 2 N–H and O–H groups in total. The molecule has 0 aromatic heterocycles. The van der Waals surface area contributed by atoms with Crippen LogP contribution in [0.1, 0.15) is 10.4 Å². The Balaban J connectivity index is 1.87. The second-order valence-electron chi connectivity index (χ2n) is 6.16. The van der Waals surface area contributed by atoms with E-state index in [9.17, 15) is 13.2 Å². The molecule has 0 atom stereocenters. The van der Waals surface area contributed by atoms with Crippen LogP contribution in [0.25, 0.3) is 0 Å². The Morgan fingerprint density at radius 3 is 2.10 bits per heavy atom. The Morgan fingerprint density at radius 1 is 0.867 bits per heavy atom. The van der Waals surface area contributed by atoms with Crippen LogP contribution in [-0.4, -0.2) is 28.5 Å². The minimum Gasteiger partial charge on any atom is -0.497 e. The van der Waals surface area contributed by atoms with Crippen molar-refractivity contribution in [3.8, 4) is 11.5 Å². The van der Waals surface area contributed by atoms with Crippen molar-refractivity contribution in [1.29, 1.82) is 0 Å². The molecule has 3 aromatic carbocycles. The van der Waals surface area contributed by atoms with E-state index >= 15 is 0 Å². The number of halogens is 1. The van der Waals surface area contributed by atoms with E-state index in [1.807, 2.05) is 0 Å². The van der Waals surface area contributed by atoms with Gasteiger partial charge in [0.25, 0.3) is 15.9 Å². The van der Waals surface area contributed by atoms with E-state index in [1.54, 1.807) is 54.6 Å². The Hall–Kier alpha value is -3.23. The molecule has 3 aromatic rings. The van der Waals surface area contributed by atoms with E-state index in [4.69, 9.17) is 21.1 Å². The summed E-state index contributed by atoms with van der Waals surface area (Å²) in [5.41, 5.74) is 1.04. The Labute approximate surface area is 179 Å². The fourth-order valence-electron chi connectivity index (χ4n) is 2.64. The van der Waals surface area contributed by atoms with Gasteiger partial charge in [0, 0.05) is 22.0 Å². The second kappa shape index (κ2) is 9.06. The minimum absolute atomic E-state index is 0.116. The Morgan fingerprint density at radius 2 is 1.50 bits per heavy atom. The summed E-state index contributed by atoms with van der Waals surface area (Å²) in [6.07, 6.45) is 0. The fourth-order valence-corrected chi connectivity index (χ4v) is 4.02. The summed E-state index contributed by atoms with van der Waals surface area (Å²) in [6.45, 7) is 0. The molecule has 0 radical (unpaired) electrons. The van der Waals surface area contributed by atoms with Gasteiger partial charge in [0.1, 0.15) is 16.4 Å². The molecular weight excluding hydrogens is 428 g/mol. The van der Waals surface area contributed by atoms with Gasteiger partial charge in [-0.1, -0.05) is 11.6 Å². The number of amides is 1. The minimum atomic E-state index is -3.99. The van der Waals surface area contributed by atoms with Crippen molar-refractivity contribution in [2.45, 2.75) is 4.90 Å². The van der Waals surface area contributed by atoms with Crippen molar-refractivity contribution in [3.05, 3.63) is 77.3 Å². The summed E-state index contributed by atoms with van der Waals surface area (Å²) < 4.78 is 38.6. The maximum absolute atomic E-state index is 12.9. The van der Waals surface area contributed by atoms with Crippen molar-refractivity contribution in [3.63, 3.8) is 0 Å². The first kappa shape index (κ1) is 21.5. The largest absolute Gasteiger partial charge is 0.497 e. The van der Waals surface area contributed by atoms with Gasteiger partial charge >= 0.3 is 0 Å². The predicted octanol–water partition coefficient (Wildman–Crippen LogP) is 4.41. The van der Waals surface area contributed by atoms with Crippen LogP contribution in [0, 0.1) is 0 Å². The van der Waals surface area contributed by atoms with Crippen LogP contribution in [0.15, 0.2) is 71.6 Å².